The molecule has 2 fully saturated rings. The molecule has 3 rings (SSSR count). The van der Waals surface area contributed by atoms with E-state index in [0.29, 0.717) is 12.2 Å². The molecule has 3 unspecified atom stereocenters. The smallest absolute Gasteiger partial charge is 0.226 e. The van der Waals surface area contributed by atoms with Crippen molar-refractivity contribution in [1.29, 1.82) is 0 Å². The molecule has 2 aliphatic heterocycles. The summed E-state index contributed by atoms with van der Waals surface area (Å²) in [5.74, 6) is 1.54. The SMILES string of the molecule is CC1CCC(CCc2nc(C3CNCCN3C)no2)O1.Cl. The van der Waals surface area contributed by atoms with E-state index in [1.165, 1.54) is 0 Å². The summed E-state index contributed by atoms with van der Waals surface area (Å²) in [5.41, 5.74) is 0. The summed E-state index contributed by atoms with van der Waals surface area (Å²) < 4.78 is 11.2. The number of aromatic nitrogens is 2. The summed E-state index contributed by atoms with van der Waals surface area (Å²) in [7, 11) is 2.11. The van der Waals surface area contributed by atoms with Gasteiger partial charge >= 0.3 is 0 Å². The number of aryl methyl sites for hydroxylation is 1. The lowest BCUT2D eigenvalue weighted by atomic mass is 10.1. The van der Waals surface area contributed by atoms with Crippen LogP contribution in [0.5, 0.6) is 0 Å². The summed E-state index contributed by atoms with van der Waals surface area (Å²) in [6.07, 6.45) is 4.87. The first-order chi connectivity index (χ1) is 9.72. The minimum Gasteiger partial charge on any atom is -0.375 e. The Morgan fingerprint density at radius 2 is 2.24 bits per heavy atom. The van der Waals surface area contributed by atoms with Crippen molar-refractivity contribution < 1.29 is 9.26 Å². The second-order valence-electron chi connectivity index (χ2n) is 5.93. The summed E-state index contributed by atoms with van der Waals surface area (Å²) in [4.78, 5) is 6.82. The van der Waals surface area contributed by atoms with Crippen molar-refractivity contribution in [2.45, 2.75) is 50.9 Å². The standard InChI is InChI=1S/C14H24N4O2.ClH/c1-10-3-4-11(19-10)5-6-13-16-14(17-20-13)12-9-15-7-8-18(12)2;/h10-12,15H,3-9H2,1-2H3;1H. The molecule has 0 aromatic carbocycles. The van der Waals surface area contributed by atoms with Gasteiger partial charge in [-0.2, -0.15) is 4.98 Å². The Labute approximate surface area is 132 Å². The molecule has 3 atom stereocenters. The third-order valence-corrected chi connectivity index (χ3v) is 4.29. The second-order valence-corrected chi connectivity index (χ2v) is 5.93. The quantitative estimate of drug-likeness (QED) is 0.909. The van der Waals surface area contributed by atoms with Crippen LogP contribution in [0.25, 0.3) is 0 Å². The number of nitrogens with one attached hydrogen (secondary N) is 1. The van der Waals surface area contributed by atoms with Crippen LogP contribution in [0.2, 0.25) is 0 Å². The minimum absolute atomic E-state index is 0. The van der Waals surface area contributed by atoms with Gasteiger partial charge in [0.1, 0.15) is 0 Å². The summed E-state index contributed by atoms with van der Waals surface area (Å²) in [6.45, 7) is 5.06. The van der Waals surface area contributed by atoms with Gasteiger partial charge in [-0.05, 0) is 33.2 Å². The van der Waals surface area contributed by atoms with Crippen molar-refractivity contribution in [3.8, 4) is 0 Å². The Balaban J connectivity index is 0.00000161. The number of rotatable bonds is 4. The molecule has 0 aliphatic carbocycles. The normalized spacial score (nSPS) is 30.3. The molecule has 6 nitrogen and oxygen atoms in total. The molecule has 2 aliphatic rings. The first kappa shape index (κ1) is 16.7. The molecule has 21 heavy (non-hydrogen) atoms. The van der Waals surface area contributed by atoms with E-state index in [4.69, 9.17) is 9.26 Å². The van der Waals surface area contributed by atoms with Crippen molar-refractivity contribution in [2.24, 2.45) is 0 Å². The van der Waals surface area contributed by atoms with E-state index in [-0.39, 0.29) is 18.4 Å². The third-order valence-electron chi connectivity index (χ3n) is 4.29. The number of hydrogen-bond donors (Lipinski definition) is 1. The highest BCUT2D eigenvalue weighted by Crippen LogP contribution is 2.23. The van der Waals surface area contributed by atoms with Crippen molar-refractivity contribution in [2.75, 3.05) is 26.7 Å². The van der Waals surface area contributed by atoms with E-state index in [1.807, 2.05) is 0 Å². The van der Waals surface area contributed by atoms with Crippen LogP contribution in [0.15, 0.2) is 4.52 Å². The third kappa shape index (κ3) is 4.16. The average Bonchev–Trinajstić information content (AvgIpc) is 3.06. The zero-order chi connectivity index (χ0) is 13.9. The van der Waals surface area contributed by atoms with Crippen LogP contribution in [-0.2, 0) is 11.2 Å². The molecule has 3 heterocycles. The highest BCUT2D eigenvalue weighted by Gasteiger charge is 2.26. The van der Waals surface area contributed by atoms with Gasteiger partial charge in [0.15, 0.2) is 5.82 Å². The Bertz CT molecular complexity index is 442. The van der Waals surface area contributed by atoms with Gasteiger partial charge in [0.2, 0.25) is 5.89 Å². The van der Waals surface area contributed by atoms with Crippen molar-refractivity contribution in [1.82, 2.24) is 20.4 Å². The predicted molar refractivity (Wildman–Crippen MR) is 81.7 cm³/mol. The summed E-state index contributed by atoms with van der Waals surface area (Å²) >= 11 is 0. The Hall–Kier alpha value is -0.690. The Morgan fingerprint density at radius 1 is 1.38 bits per heavy atom. The maximum Gasteiger partial charge on any atom is 0.226 e. The molecule has 1 N–H and O–H groups in total. The van der Waals surface area contributed by atoms with Gasteiger partial charge in [0.05, 0.1) is 18.2 Å². The van der Waals surface area contributed by atoms with E-state index in [0.717, 1.165) is 57.0 Å². The number of nitrogens with zero attached hydrogens (tertiary/aromatic N) is 3. The molecule has 1 aromatic heterocycles. The molecule has 120 valence electrons. The molecule has 0 spiro atoms. The number of hydrogen-bond acceptors (Lipinski definition) is 6. The highest BCUT2D eigenvalue weighted by atomic mass is 35.5. The van der Waals surface area contributed by atoms with Crippen molar-refractivity contribution >= 4 is 12.4 Å². The number of ether oxygens (including phenoxy) is 1. The minimum atomic E-state index is 0. The molecule has 7 heteroatoms. The average molecular weight is 317 g/mol. The van der Waals surface area contributed by atoms with Gasteiger partial charge in [-0.3, -0.25) is 4.90 Å². The summed E-state index contributed by atoms with van der Waals surface area (Å²) in [6, 6.07) is 0.226. The first-order valence-corrected chi connectivity index (χ1v) is 7.61. The van der Waals surface area contributed by atoms with Crippen molar-refractivity contribution in [3.05, 3.63) is 11.7 Å². The topological polar surface area (TPSA) is 63.4 Å². The van der Waals surface area contributed by atoms with Gasteiger partial charge < -0.3 is 14.6 Å². The lowest BCUT2D eigenvalue weighted by Gasteiger charge is -2.30. The van der Waals surface area contributed by atoms with Gasteiger partial charge in [-0.15, -0.1) is 12.4 Å². The van der Waals surface area contributed by atoms with Gasteiger partial charge in [-0.1, -0.05) is 5.16 Å². The number of likely N-dealkylation sites (N-methyl/N-ethyl adjacent to an activating group) is 1. The van der Waals surface area contributed by atoms with Crippen LogP contribution < -0.4 is 5.32 Å². The maximum atomic E-state index is 5.82. The van der Waals surface area contributed by atoms with Gasteiger partial charge in [0, 0.05) is 26.1 Å². The first-order valence-electron chi connectivity index (χ1n) is 7.61. The fourth-order valence-corrected chi connectivity index (χ4v) is 2.98. The van der Waals surface area contributed by atoms with E-state index < -0.39 is 0 Å². The van der Waals surface area contributed by atoms with Crippen LogP contribution in [0.1, 0.15) is 43.9 Å². The zero-order valence-electron chi connectivity index (χ0n) is 12.7. The number of halogens is 1. The van der Waals surface area contributed by atoms with E-state index in [9.17, 15) is 0 Å². The van der Waals surface area contributed by atoms with E-state index in [1.54, 1.807) is 0 Å². The lowest BCUT2D eigenvalue weighted by Crippen LogP contribution is -2.44. The molecule has 1 aromatic rings. The summed E-state index contributed by atoms with van der Waals surface area (Å²) in [5, 5.41) is 7.51. The van der Waals surface area contributed by atoms with Gasteiger partial charge in [0.25, 0.3) is 0 Å². The monoisotopic (exact) mass is 316 g/mol. The zero-order valence-corrected chi connectivity index (χ0v) is 13.6. The molecule has 0 amide bonds. The lowest BCUT2D eigenvalue weighted by molar-refractivity contribution is 0.0500. The Kier molecular flexibility index (Phi) is 5.98. The maximum absolute atomic E-state index is 5.82. The van der Waals surface area contributed by atoms with Gasteiger partial charge in [-0.25, -0.2) is 0 Å². The van der Waals surface area contributed by atoms with E-state index >= 15 is 0 Å². The number of piperazine rings is 1. The Morgan fingerprint density at radius 3 is 2.95 bits per heavy atom. The van der Waals surface area contributed by atoms with Crippen molar-refractivity contribution in [3.63, 3.8) is 0 Å². The van der Waals surface area contributed by atoms with Crippen LogP contribution in [0, 0.1) is 0 Å². The van der Waals surface area contributed by atoms with Crippen LogP contribution in [0.4, 0.5) is 0 Å². The molecular weight excluding hydrogens is 292 g/mol. The predicted octanol–water partition coefficient (Wildman–Crippen LogP) is 1.57. The molecular formula is C14H25ClN4O2. The second kappa shape index (κ2) is 7.54. The fourth-order valence-electron chi connectivity index (χ4n) is 2.98. The van der Waals surface area contributed by atoms with Crippen LogP contribution in [-0.4, -0.2) is 53.9 Å². The highest BCUT2D eigenvalue weighted by molar-refractivity contribution is 5.85. The molecule has 0 bridgehead atoms. The molecule has 0 radical (unpaired) electrons. The molecule has 0 saturated carbocycles. The van der Waals surface area contributed by atoms with E-state index in [2.05, 4.69) is 34.3 Å². The molecule has 2 saturated heterocycles. The largest absolute Gasteiger partial charge is 0.375 e. The van der Waals surface area contributed by atoms with Crippen LogP contribution >= 0.6 is 12.4 Å². The van der Waals surface area contributed by atoms with Crippen LogP contribution in [0.3, 0.4) is 0 Å². The fraction of sp³-hybridized carbons (Fsp3) is 0.857.